The Morgan fingerprint density at radius 2 is 1.73 bits per heavy atom. The summed E-state index contributed by atoms with van der Waals surface area (Å²) in [5.74, 6) is 0.916. The first-order valence-corrected chi connectivity index (χ1v) is 9.65. The summed E-state index contributed by atoms with van der Waals surface area (Å²) in [5, 5.41) is 12.4. The first-order valence-electron chi connectivity index (χ1n) is 9.65. The van der Waals surface area contributed by atoms with Gasteiger partial charge in [0.2, 0.25) is 0 Å². The molecule has 0 radical (unpaired) electrons. The average molecular weight is 417 g/mol. The van der Waals surface area contributed by atoms with E-state index in [-0.39, 0.29) is 31.9 Å². The van der Waals surface area contributed by atoms with Gasteiger partial charge in [0.1, 0.15) is 18.1 Å². The number of methoxy groups -OCH3 is 1. The SMILES string of the molecule is CCOc1ccc(OCCNC(=O)COC(=O)CCc2ccc(OC)c(O)c2)cc1. The van der Waals surface area contributed by atoms with Crippen LogP contribution in [0.4, 0.5) is 0 Å². The summed E-state index contributed by atoms with van der Waals surface area (Å²) >= 11 is 0. The fraction of sp³-hybridized carbons (Fsp3) is 0.364. The Bertz CT molecular complexity index is 821. The minimum Gasteiger partial charge on any atom is -0.504 e. The molecule has 0 spiro atoms. The van der Waals surface area contributed by atoms with Crippen molar-refractivity contribution < 1.29 is 33.6 Å². The van der Waals surface area contributed by atoms with Crippen LogP contribution in [0.25, 0.3) is 0 Å². The molecule has 0 aliphatic carbocycles. The maximum absolute atomic E-state index is 11.8. The lowest BCUT2D eigenvalue weighted by Crippen LogP contribution is -2.32. The van der Waals surface area contributed by atoms with Gasteiger partial charge >= 0.3 is 5.97 Å². The first-order chi connectivity index (χ1) is 14.5. The second-order valence-electron chi connectivity index (χ2n) is 6.27. The third-order valence-electron chi connectivity index (χ3n) is 4.05. The van der Waals surface area contributed by atoms with Gasteiger partial charge in [-0.05, 0) is 55.3 Å². The minimum atomic E-state index is -0.494. The number of ether oxygens (including phenoxy) is 4. The highest BCUT2D eigenvalue weighted by Crippen LogP contribution is 2.26. The van der Waals surface area contributed by atoms with E-state index < -0.39 is 11.9 Å². The van der Waals surface area contributed by atoms with Crippen LogP contribution >= 0.6 is 0 Å². The van der Waals surface area contributed by atoms with Crippen LogP contribution in [-0.4, -0.2) is 50.5 Å². The van der Waals surface area contributed by atoms with Crippen LogP contribution < -0.4 is 19.5 Å². The maximum Gasteiger partial charge on any atom is 0.306 e. The van der Waals surface area contributed by atoms with Crippen LogP contribution in [0.1, 0.15) is 18.9 Å². The number of esters is 1. The Morgan fingerprint density at radius 3 is 2.37 bits per heavy atom. The van der Waals surface area contributed by atoms with Gasteiger partial charge in [0.05, 0.1) is 20.3 Å². The molecule has 8 heteroatoms. The number of amides is 1. The number of phenolic OH excluding ortho intramolecular Hbond substituents is 1. The topological polar surface area (TPSA) is 103 Å². The third kappa shape index (κ3) is 7.90. The molecule has 0 bridgehead atoms. The summed E-state index contributed by atoms with van der Waals surface area (Å²) in [4.78, 5) is 23.6. The van der Waals surface area contributed by atoms with E-state index in [1.165, 1.54) is 13.2 Å². The summed E-state index contributed by atoms with van der Waals surface area (Å²) in [6.45, 7) is 2.73. The lowest BCUT2D eigenvalue weighted by atomic mass is 10.1. The van der Waals surface area contributed by atoms with Gasteiger partial charge in [0, 0.05) is 6.42 Å². The van der Waals surface area contributed by atoms with E-state index in [9.17, 15) is 14.7 Å². The second-order valence-corrected chi connectivity index (χ2v) is 6.27. The van der Waals surface area contributed by atoms with Crippen molar-refractivity contribution in [1.82, 2.24) is 5.32 Å². The minimum absolute atomic E-state index is 0.00944. The summed E-state index contributed by atoms with van der Waals surface area (Å²) in [5.41, 5.74) is 0.765. The number of aryl methyl sites for hydroxylation is 1. The highest BCUT2D eigenvalue weighted by atomic mass is 16.5. The van der Waals surface area contributed by atoms with Crippen molar-refractivity contribution in [3.63, 3.8) is 0 Å². The van der Waals surface area contributed by atoms with Crippen molar-refractivity contribution in [2.24, 2.45) is 0 Å². The van der Waals surface area contributed by atoms with Crippen molar-refractivity contribution in [3.05, 3.63) is 48.0 Å². The number of hydrogen-bond acceptors (Lipinski definition) is 7. The molecule has 0 saturated heterocycles. The molecule has 2 aromatic rings. The highest BCUT2D eigenvalue weighted by molar-refractivity contribution is 5.80. The number of phenols is 1. The number of carbonyl (C=O) groups is 2. The largest absolute Gasteiger partial charge is 0.504 e. The molecular weight excluding hydrogens is 390 g/mol. The predicted octanol–water partition coefficient (Wildman–Crippen LogP) is 2.47. The zero-order chi connectivity index (χ0) is 21.8. The third-order valence-corrected chi connectivity index (χ3v) is 4.05. The summed E-state index contributed by atoms with van der Waals surface area (Å²) in [7, 11) is 1.46. The number of aromatic hydroxyl groups is 1. The quantitative estimate of drug-likeness (QED) is 0.404. The smallest absolute Gasteiger partial charge is 0.306 e. The molecule has 1 amide bonds. The Labute approximate surface area is 175 Å². The van der Waals surface area contributed by atoms with Gasteiger partial charge in [0.15, 0.2) is 18.1 Å². The highest BCUT2D eigenvalue weighted by Gasteiger charge is 2.09. The van der Waals surface area contributed by atoms with E-state index in [0.717, 1.165) is 11.3 Å². The van der Waals surface area contributed by atoms with Crippen LogP contribution in [0.2, 0.25) is 0 Å². The van der Waals surface area contributed by atoms with Gasteiger partial charge in [0.25, 0.3) is 5.91 Å². The fourth-order valence-corrected chi connectivity index (χ4v) is 2.56. The van der Waals surface area contributed by atoms with E-state index in [1.807, 2.05) is 19.1 Å². The molecule has 0 fully saturated rings. The first kappa shape index (κ1) is 22.9. The zero-order valence-corrected chi connectivity index (χ0v) is 17.2. The van der Waals surface area contributed by atoms with Crippen LogP contribution in [-0.2, 0) is 20.7 Å². The van der Waals surface area contributed by atoms with E-state index in [4.69, 9.17) is 18.9 Å². The Morgan fingerprint density at radius 1 is 1.03 bits per heavy atom. The van der Waals surface area contributed by atoms with E-state index >= 15 is 0 Å². The molecule has 0 aliphatic rings. The molecule has 0 unspecified atom stereocenters. The fourth-order valence-electron chi connectivity index (χ4n) is 2.56. The zero-order valence-electron chi connectivity index (χ0n) is 17.2. The summed E-state index contributed by atoms with van der Waals surface area (Å²) in [6.07, 6.45) is 0.480. The van der Waals surface area contributed by atoms with E-state index in [0.29, 0.717) is 24.5 Å². The van der Waals surface area contributed by atoms with Crippen molar-refractivity contribution in [3.8, 4) is 23.0 Å². The summed E-state index contributed by atoms with van der Waals surface area (Å²) < 4.78 is 20.8. The molecule has 0 heterocycles. The van der Waals surface area contributed by atoms with E-state index in [2.05, 4.69) is 5.32 Å². The normalized spacial score (nSPS) is 10.2. The Hall–Kier alpha value is -3.42. The molecule has 162 valence electrons. The molecule has 0 saturated carbocycles. The Kier molecular flexibility index (Phi) is 9.30. The molecular formula is C22H27NO7. The maximum atomic E-state index is 11.8. The lowest BCUT2D eigenvalue weighted by molar-refractivity contribution is -0.148. The van der Waals surface area contributed by atoms with Gasteiger partial charge < -0.3 is 29.4 Å². The molecule has 2 aromatic carbocycles. The van der Waals surface area contributed by atoms with Crippen molar-refractivity contribution in [1.29, 1.82) is 0 Å². The number of nitrogens with one attached hydrogen (secondary N) is 1. The van der Waals surface area contributed by atoms with Gasteiger partial charge in [-0.1, -0.05) is 6.07 Å². The van der Waals surface area contributed by atoms with Crippen molar-refractivity contribution >= 4 is 11.9 Å². The average Bonchev–Trinajstić information content (AvgIpc) is 2.75. The molecule has 0 aromatic heterocycles. The number of carbonyl (C=O) groups excluding carboxylic acids is 2. The second kappa shape index (κ2) is 12.2. The van der Waals surface area contributed by atoms with Gasteiger partial charge in [-0.2, -0.15) is 0 Å². The number of hydrogen-bond donors (Lipinski definition) is 2. The van der Waals surface area contributed by atoms with Crippen LogP contribution in [0.3, 0.4) is 0 Å². The Balaban J connectivity index is 1.58. The van der Waals surface area contributed by atoms with Gasteiger partial charge in [-0.3, -0.25) is 9.59 Å². The number of benzene rings is 2. The molecule has 0 aliphatic heterocycles. The van der Waals surface area contributed by atoms with Crippen LogP contribution in [0.5, 0.6) is 23.0 Å². The molecule has 2 N–H and O–H groups in total. The van der Waals surface area contributed by atoms with E-state index in [1.54, 1.807) is 24.3 Å². The van der Waals surface area contributed by atoms with Gasteiger partial charge in [-0.25, -0.2) is 0 Å². The molecule has 8 nitrogen and oxygen atoms in total. The van der Waals surface area contributed by atoms with Crippen LogP contribution in [0.15, 0.2) is 42.5 Å². The van der Waals surface area contributed by atoms with Crippen molar-refractivity contribution in [2.45, 2.75) is 19.8 Å². The van der Waals surface area contributed by atoms with Crippen LogP contribution in [0, 0.1) is 0 Å². The standard InChI is InChI=1S/C22H27NO7/c1-3-28-17-6-8-18(9-7-17)29-13-12-23-21(25)15-30-22(26)11-5-16-4-10-20(27-2)19(24)14-16/h4,6-10,14,24H,3,5,11-13,15H2,1-2H3,(H,23,25). The molecule has 30 heavy (non-hydrogen) atoms. The lowest BCUT2D eigenvalue weighted by Gasteiger charge is -2.09. The molecule has 2 rings (SSSR count). The molecule has 0 atom stereocenters. The monoisotopic (exact) mass is 417 g/mol. The summed E-state index contributed by atoms with van der Waals surface area (Å²) in [6, 6.07) is 12.1. The number of rotatable bonds is 12. The van der Waals surface area contributed by atoms with Gasteiger partial charge in [-0.15, -0.1) is 0 Å². The van der Waals surface area contributed by atoms with Crippen molar-refractivity contribution in [2.75, 3.05) is 33.5 Å². The predicted molar refractivity (Wildman–Crippen MR) is 110 cm³/mol.